The molecule has 1 unspecified atom stereocenters. The second-order valence-corrected chi connectivity index (χ2v) is 5.55. The number of nitrogens with two attached hydrogens (primary N) is 1. The molecule has 19 heavy (non-hydrogen) atoms. The van der Waals surface area contributed by atoms with Crippen LogP contribution in [0.4, 0.5) is 5.82 Å². The summed E-state index contributed by atoms with van der Waals surface area (Å²) in [4.78, 5) is 16.3. The summed E-state index contributed by atoms with van der Waals surface area (Å²) in [5.41, 5.74) is 7.27. The average molecular weight is 261 g/mol. The molecule has 1 aliphatic carbocycles. The summed E-state index contributed by atoms with van der Waals surface area (Å²) in [6, 6.07) is 3.49. The minimum atomic E-state index is -0.0426. The molecule has 1 amide bonds. The number of nitrogens with zero attached hydrogens (tertiary/aromatic N) is 1. The fourth-order valence-corrected chi connectivity index (χ4v) is 2.31. The van der Waals surface area contributed by atoms with Gasteiger partial charge in [0, 0.05) is 17.8 Å². The molecule has 0 aromatic carbocycles. The predicted octanol–water partition coefficient (Wildman–Crippen LogP) is 2.39. The van der Waals surface area contributed by atoms with Crippen LogP contribution >= 0.6 is 0 Å². The van der Waals surface area contributed by atoms with Gasteiger partial charge in [-0.25, -0.2) is 4.98 Å². The van der Waals surface area contributed by atoms with Crippen LogP contribution in [0.1, 0.15) is 49.2 Å². The maximum Gasteiger partial charge on any atom is 0.251 e. The van der Waals surface area contributed by atoms with Crippen molar-refractivity contribution < 1.29 is 4.79 Å². The zero-order valence-electron chi connectivity index (χ0n) is 11.8. The van der Waals surface area contributed by atoms with Crippen molar-refractivity contribution in [3.05, 3.63) is 23.4 Å². The van der Waals surface area contributed by atoms with E-state index in [1.807, 2.05) is 6.07 Å². The van der Waals surface area contributed by atoms with Gasteiger partial charge in [0.2, 0.25) is 0 Å². The molecule has 0 spiro atoms. The van der Waals surface area contributed by atoms with Crippen molar-refractivity contribution in [3.63, 3.8) is 0 Å². The van der Waals surface area contributed by atoms with Crippen molar-refractivity contribution in [2.24, 2.45) is 11.8 Å². The summed E-state index contributed by atoms with van der Waals surface area (Å²) in [6.07, 6.45) is 4.46. The van der Waals surface area contributed by atoms with Crippen molar-refractivity contribution >= 4 is 11.7 Å². The fraction of sp³-hybridized carbons (Fsp3) is 0.600. The van der Waals surface area contributed by atoms with Crippen LogP contribution in [-0.2, 0) is 6.42 Å². The summed E-state index contributed by atoms with van der Waals surface area (Å²) in [5, 5.41) is 2.99. The van der Waals surface area contributed by atoms with E-state index < -0.39 is 0 Å². The maximum atomic E-state index is 12.1. The summed E-state index contributed by atoms with van der Waals surface area (Å²) in [5.74, 6) is 1.75. The Labute approximate surface area is 114 Å². The van der Waals surface area contributed by atoms with Crippen LogP contribution in [0.15, 0.2) is 12.1 Å². The first kappa shape index (κ1) is 13.8. The third kappa shape index (κ3) is 3.94. The second kappa shape index (κ2) is 6.04. The number of nitrogen functional groups attached to an aromatic ring is 1. The number of hydrogen-bond acceptors (Lipinski definition) is 3. The molecule has 1 fully saturated rings. The number of amides is 1. The van der Waals surface area contributed by atoms with E-state index in [1.54, 1.807) is 6.07 Å². The fourth-order valence-electron chi connectivity index (χ4n) is 2.31. The molecule has 1 aliphatic rings. The molecule has 1 aromatic heterocycles. The standard InChI is InChI=1S/C15H23N3O/c1-3-4-13-7-12(8-14(16)18-13)15(19)17-9-10(2)11-5-6-11/h7-8,10-11H,3-6,9H2,1-2H3,(H2,16,18)(H,17,19). The predicted molar refractivity (Wildman–Crippen MR) is 76.9 cm³/mol. The Balaban J connectivity index is 1.97. The van der Waals surface area contributed by atoms with Gasteiger partial charge >= 0.3 is 0 Å². The first-order valence-electron chi connectivity index (χ1n) is 7.14. The number of rotatable bonds is 6. The molecule has 0 aliphatic heterocycles. The lowest BCUT2D eigenvalue weighted by atomic mass is 10.1. The molecule has 1 saturated carbocycles. The van der Waals surface area contributed by atoms with Gasteiger partial charge in [-0.3, -0.25) is 4.79 Å². The van der Waals surface area contributed by atoms with Crippen molar-refractivity contribution in [3.8, 4) is 0 Å². The van der Waals surface area contributed by atoms with Gasteiger partial charge in [0.25, 0.3) is 5.91 Å². The number of nitrogens with one attached hydrogen (secondary N) is 1. The van der Waals surface area contributed by atoms with Crippen molar-refractivity contribution in [1.29, 1.82) is 0 Å². The number of hydrogen-bond donors (Lipinski definition) is 2. The zero-order chi connectivity index (χ0) is 13.8. The van der Waals surface area contributed by atoms with Gasteiger partial charge in [-0.2, -0.15) is 0 Å². The molecule has 0 radical (unpaired) electrons. The monoisotopic (exact) mass is 261 g/mol. The number of aryl methyl sites for hydroxylation is 1. The molecular weight excluding hydrogens is 238 g/mol. The van der Waals surface area contributed by atoms with Gasteiger partial charge in [0.15, 0.2) is 0 Å². The van der Waals surface area contributed by atoms with Crippen LogP contribution < -0.4 is 11.1 Å². The Bertz CT molecular complexity index is 455. The zero-order valence-corrected chi connectivity index (χ0v) is 11.8. The van der Waals surface area contributed by atoms with Crippen LogP contribution in [-0.4, -0.2) is 17.4 Å². The summed E-state index contributed by atoms with van der Waals surface area (Å²) in [7, 11) is 0. The molecule has 2 rings (SSSR count). The van der Waals surface area contributed by atoms with Crippen LogP contribution in [0.3, 0.4) is 0 Å². The second-order valence-electron chi connectivity index (χ2n) is 5.55. The number of pyridine rings is 1. The van der Waals surface area contributed by atoms with Gasteiger partial charge in [-0.1, -0.05) is 20.3 Å². The molecule has 1 aromatic rings. The quantitative estimate of drug-likeness (QED) is 0.826. The van der Waals surface area contributed by atoms with E-state index in [-0.39, 0.29) is 5.91 Å². The Hall–Kier alpha value is -1.58. The number of anilines is 1. The lowest BCUT2D eigenvalue weighted by molar-refractivity contribution is 0.0946. The van der Waals surface area contributed by atoms with Crippen LogP contribution in [0.25, 0.3) is 0 Å². The van der Waals surface area contributed by atoms with Crippen molar-refractivity contribution in [2.45, 2.75) is 39.5 Å². The molecule has 4 nitrogen and oxygen atoms in total. The number of carbonyl (C=O) groups excluding carboxylic acids is 1. The molecule has 1 atom stereocenters. The van der Waals surface area contributed by atoms with Crippen LogP contribution in [0, 0.1) is 11.8 Å². The van der Waals surface area contributed by atoms with Crippen molar-refractivity contribution in [2.75, 3.05) is 12.3 Å². The number of carbonyl (C=O) groups is 1. The van der Waals surface area contributed by atoms with E-state index in [0.29, 0.717) is 17.3 Å². The topological polar surface area (TPSA) is 68.0 Å². The normalized spacial score (nSPS) is 16.1. The minimum Gasteiger partial charge on any atom is -0.384 e. The van der Waals surface area contributed by atoms with Gasteiger partial charge in [-0.15, -0.1) is 0 Å². The van der Waals surface area contributed by atoms with E-state index in [9.17, 15) is 4.79 Å². The van der Waals surface area contributed by atoms with Gasteiger partial charge in [0.1, 0.15) is 5.82 Å². The van der Waals surface area contributed by atoms with E-state index in [0.717, 1.165) is 31.0 Å². The maximum absolute atomic E-state index is 12.1. The molecule has 104 valence electrons. The van der Waals surface area contributed by atoms with E-state index >= 15 is 0 Å². The Morgan fingerprint density at radius 2 is 2.26 bits per heavy atom. The van der Waals surface area contributed by atoms with E-state index in [2.05, 4.69) is 24.1 Å². The Morgan fingerprint density at radius 1 is 1.53 bits per heavy atom. The third-order valence-electron chi connectivity index (χ3n) is 3.68. The van der Waals surface area contributed by atoms with Crippen LogP contribution in [0.2, 0.25) is 0 Å². The molecule has 4 heteroatoms. The highest BCUT2D eigenvalue weighted by Crippen LogP contribution is 2.36. The highest BCUT2D eigenvalue weighted by molar-refractivity contribution is 5.94. The summed E-state index contributed by atoms with van der Waals surface area (Å²) < 4.78 is 0. The molecule has 0 bridgehead atoms. The lowest BCUT2D eigenvalue weighted by Gasteiger charge is -2.12. The average Bonchev–Trinajstić information content (AvgIpc) is 3.19. The minimum absolute atomic E-state index is 0.0426. The molecular formula is C15H23N3O. The highest BCUT2D eigenvalue weighted by atomic mass is 16.1. The first-order chi connectivity index (χ1) is 9.10. The largest absolute Gasteiger partial charge is 0.384 e. The van der Waals surface area contributed by atoms with Crippen molar-refractivity contribution in [1.82, 2.24) is 10.3 Å². The summed E-state index contributed by atoms with van der Waals surface area (Å²) in [6.45, 7) is 5.03. The third-order valence-corrected chi connectivity index (χ3v) is 3.68. The van der Waals surface area contributed by atoms with E-state index in [4.69, 9.17) is 5.73 Å². The Morgan fingerprint density at radius 3 is 2.89 bits per heavy atom. The van der Waals surface area contributed by atoms with Gasteiger partial charge < -0.3 is 11.1 Å². The van der Waals surface area contributed by atoms with Crippen LogP contribution in [0.5, 0.6) is 0 Å². The van der Waals surface area contributed by atoms with Gasteiger partial charge in [-0.05, 0) is 43.2 Å². The van der Waals surface area contributed by atoms with E-state index in [1.165, 1.54) is 12.8 Å². The Kier molecular flexibility index (Phi) is 4.40. The molecule has 0 saturated heterocycles. The first-order valence-corrected chi connectivity index (χ1v) is 7.14. The lowest BCUT2D eigenvalue weighted by Crippen LogP contribution is -2.29. The van der Waals surface area contributed by atoms with Gasteiger partial charge in [0.05, 0.1) is 0 Å². The SMILES string of the molecule is CCCc1cc(C(=O)NCC(C)C2CC2)cc(N)n1. The highest BCUT2D eigenvalue weighted by Gasteiger charge is 2.27. The molecule has 1 heterocycles. The number of aromatic nitrogens is 1. The molecule has 3 N–H and O–H groups in total. The summed E-state index contributed by atoms with van der Waals surface area (Å²) >= 11 is 0. The smallest absolute Gasteiger partial charge is 0.251 e.